The van der Waals surface area contributed by atoms with Gasteiger partial charge in [0.1, 0.15) is 0 Å². The van der Waals surface area contributed by atoms with Crippen molar-refractivity contribution in [2.24, 2.45) is 5.92 Å². The number of likely N-dealkylation sites (tertiary alicyclic amines) is 1. The van der Waals surface area contributed by atoms with Gasteiger partial charge in [0.15, 0.2) is 0 Å². The predicted molar refractivity (Wildman–Crippen MR) is 61.3 cm³/mol. The predicted octanol–water partition coefficient (Wildman–Crippen LogP) is -0.759. The van der Waals surface area contributed by atoms with Crippen molar-refractivity contribution in [3.8, 4) is 0 Å². The van der Waals surface area contributed by atoms with Crippen LogP contribution in [0.1, 0.15) is 13.3 Å². The Morgan fingerprint density at radius 2 is 2.35 bits per heavy atom. The Morgan fingerprint density at radius 1 is 1.59 bits per heavy atom. The Bertz CT molecular complexity index is 319. The number of urea groups is 1. The van der Waals surface area contributed by atoms with Gasteiger partial charge in [0.2, 0.25) is 5.91 Å². The number of rotatable bonds is 3. The van der Waals surface area contributed by atoms with Crippen LogP contribution in [0.15, 0.2) is 0 Å². The van der Waals surface area contributed by atoms with E-state index in [9.17, 15) is 14.7 Å². The van der Waals surface area contributed by atoms with Crippen molar-refractivity contribution < 1.29 is 14.7 Å². The lowest BCUT2D eigenvalue weighted by molar-refractivity contribution is -0.128. The average Bonchev–Trinajstić information content (AvgIpc) is 2.86. The van der Waals surface area contributed by atoms with Crippen LogP contribution in [0.4, 0.5) is 4.79 Å². The largest absolute Gasteiger partial charge is 0.393 e. The number of carbonyl (C=O) groups is 2. The van der Waals surface area contributed by atoms with Gasteiger partial charge in [-0.15, -0.1) is 0 Å². The molecule has 2 aliphatic rings. The second kappa shape index (κ2) is 5.01. The third-order valence-corrected chi connectivity index (χ3v) is 3.51. The number of imide groups is 1. The average molecular weight is 241 g/mol. The number of carbonyl (C=O) groups excluding carboxylic acids is 2. The Balaban J connectivity index is 1.82. The zero-order valence-electron chi connectivity index (χ0n) is 10.1. The number of aliphatic hydroxyl groups excluding tert-OH is 1. The lowest BCUT2D eigenvalue weighted by Gasteiger charge is -2.19. The molecule has 6 nitrogen and oxygen atoms in total. The van der Waals surface area contributed by atoms with E-state index in [0.717, 1.165) is 19.5 Å². The van der Waals surface area contributed by atoms with Gasteiger partial charge in [-0.05, 0) is 25.8 Å². The molecule has 0 radical (unpaired) electrons. The molecule has 0 saturated carbocycles. The molecule has 96 valence electrons. The van der Waals surface area contributed by atoms with Gasteiger partial charge in [0, 0.05) is 19.6 Å². The van der Waals surface area contributed by atoms with E-state index < -0.39 is 0 Å². The van der Waals surface area contributed by atoms with Crippen molar-refractivity contribution in [2.45, 2.75) is 19.4 Å². The van der Waals surface area contributed by atoms with Crippen LogP contribution in [-0.2, 0) is 4.79 Å². The molecule has 6 heteroatoms. The van der Waals surface area contributed by atoms with E-state index >= 15 is 0 Å². The number of nitrogens with one attached hydrogen (secondary N) is 1. The normalized spacial score (nSPS) is 27.3. The Kier molecular flexibility index (Phi) is 3.63. The van der Waals surface area contributed by atoms with Gasteiger partial charge < -0.3 is 10.4 Å². The van der Waals surface area contributed by atoms with Gasteiger partial charge in [-0.3, -0.25) is 14.6 Å². The number of nitrogens with zero attached hydrogens (tertiary/aromatic N) is 2. The lowest BCUT2D eigenvalue weighted by atomic mass is 10.0. The molecule has 0 aliphatic carbocycles. The van der Waals surface area contributed by atoms with Crippen molar-refractivity contribution in [3.05, 3.63) is 0 Å². The minimum Gasteiger partial charge on any atom is -0.393 e. The van der Waals surface area contributed by atoms with Gasteiger partial charge in [-0.25, -0.2) is 4.79 Å². The number of aliphatic hydroxyl groups is 1. The quantitative estimate of drug-likeness (QED) is 0.681. The van der Waals surface area contributed by atoms with Crippen molar-refractivity contribution in [1.29, 1.82) is 0 Å². The van der Waals surface area contributed by atoms with Crippen LogP contribution in [-0.4, -0.2) is 65.7 Å². The van der Waals surface area contributed by atoms with Crippen molar-refractivity contribution in [3.63, 3.8) is 0 Å². The molecule has 2 fully saturated rings. The standard InChI is InChI=1S/C11H19N3O3/c1-8(15)9-2-4-13(6-9)7-10(16)14-5-3-12-11(14)17/h8-9,15H,2-7H2,1H3,(H,12,17). The first-order valence-electron chi connectivity index (χ1n) is 6.06. The molecule has 2 heterocycles. The first-order valence-corrected chi connectivity index (χ1v) is 6.06. The fourth-order valence-corrected chi connectivity index (χ4v) is 2.39. The molecule has 3 amide bonds. The molecule has 0 aromatic carbocycles. The summed E-state index contributed by atoms with van der Waals surface area (Å²) in [6, 6.07) is -0.290. The maximum atomic E-state index is 11.8. The molecule has 2 unspecified atom stereocenters. The Hall–Kier alpha value is -1.14. The number of amides is 3. The van der Waals surface area contributed by atoms with Crippen LogP contribution in [0.2, 0.25) is 0 Å². The fraction of sp³-hybridized carbons (Fsp3) is 0.818. The van der Waals surface area contributed by atoms with Crippen LogP contribution in [0.3, 0.4) is 0 Å². The van der Waals surface area contributed by atoms with Crippen LogP contribution in [0.25, 0.3) is 0 Å². The Labute approximate surface area is 101 Å². The smallest absolute Gasteiger partial charge is 0.324 e. The van der Waals surface area contributed by atoms with E-state index in [4.69, 9.17) is 0 Å². The summed E-state index contributed by atoms with van der Waals surface area (Å²) in [6.07, 6.45) is 0.585. The second-order valence-electron chi connectivity index (χ2n) is 4.80. The van der Waals surface area contributed by atoms with Crippen molar-refractivity contribution >= 4 is 11.9 Å². The van der Waals surface area contributed by atoms with E-state index in [1.54, 1.807) is 6.92 Å². The summed E-state index contributed by atoms with van der Waals surface area (Å²) in [4.78, 5) is 26.4. The molecular weight excluding hydrogens is 222 g/mol. The Morgan fingerprint density at radius 3 is 2.88 bits per heavy atom. The van der Waals surface area contributed by atoms with Crippen LogP contribution in [0.5, 0.6) is 0 Å². The molecule has 2 atom stereocenters. The molecule has 0 spiro atoms. The molecule has 17 heavy (non-hydrogen) atoms. The summed E-state index contributed by atoms with van der Waals surface area (Å²) < 4.78 is 0. The van der Waals surface area contributed by atoms with Gasteiger partial charge >= 0.3 is 6.03 Å². The first-order chi connectivity index (χ1) is 8.08. The maximum Gasteiger partial charge on any atom is 0.324 e. The summed E-state index contributed by atoms with van der Waals surface area (Å²) in [6.45, 7) is 4.61. The zero-order chi connectivity index (χ0) is 12.4. The van der Waals surface area contributed by atoms with Gasteiger partial charge in [-0.2, -0.15) is 0 Å². The maximum absolute atomic E-state index is 11.8. The molecule has 0 bridgehead atoms. The second-order valence-corrected chi connectivity index (χ2v) is 4.80. The minimum absolute atomic E-state index is 0.147. The summed E-state index contributed by atoms with van der Waals surface area (Å²) in [5.41, 5.74) is 0. The summed E-state index contributed by atoms with van der Waals surface area (Å²) in [7, 11) is 0. The van der Waals surface area contributed by atoms with Crippen molar-refractivity contribution in [2.75, 3.05) is 32.7 Å². The minimum atomic E-state index is -0.329. The van der Waals surface area contributed by atoms with E-state index in [1.165, 1.54) is 4.90 Å². The third kappa shape index (κ3) is 2.76. The molecular formula is C11H19N3O3. The number of hydrogen-bond acceptors (Lipinski definition) is 4. The van der Waals surface area contributed by atoms with E-state index in [2.05, 4.69) is 5.32 Å². The fourth-order valence-electron chi connectivity index (χ4n) is 2.39. The first kappa shape index (κ1) is 12.3. The van der Waals surface area contributed by atoms with Gasteiger partial charge in [0.25, 0.3) is 0 Å². The highest BCUT2D eigenvalue weighted by Gasteiger charge is 2.31. The van der Waals surface area contributed by atoms with Gasteiger partial charge in [-0.1, -0.05) is 0 Å². The summed E-state index contributed by atoms with van der Waals surface area (Å²) in [5, 5.41) is 12.1. The van der Waals surface area contributed by atoms with E-state index in [1.807, 2.05) is 4.90 Å². The van der Waals surface area contributed by atoms with Crippen LogP contribution < -0.4 is 5.32 Å². The zero-order valence-corrected chi connectivity index (χ0v) is 10.1. The lowest BCUT2D eigenvalue weighted by Crippen LogP contribution is -2.41. The highest BCUT2D eigenvalue weighted by Crippen LogP contribution is 2.19. The topological polar surface area (TPSA) is 72.9 Å². The molecule has 2 aliphatic heterocycles. The molecule has 2 saturated heterocycles. The third-order valence-electron chi connectivity index (χ3n) is 3.51. The van der Waals surface area contributed by atoms with E-state index in [-0.39, 0.29) is 30.5 Å². The van der Waals surface area contributed by atoms with Crippen LogP contribution in [0, 0.1) is 5.92 Å². The number of hydrogen-bond donors (Lipinski definition) is 2. The molecule has 2 rings (SSSR count). The molecule has 0 aromatic heterocycles. The van der Waals surface area contributed by atoms with Crippen LogP contribution >= 0.6 is 0 Å². The van der Waals surface area contributed by atoms with Gasteiger partial charge in [0.05, 0.1) is 12.6 Å². The summed E-state index contributed by atoms with van der Waals surface area (Å²) >= 11 is 0. The molecule has 2 N–H and O–H groups in total. The summed E-state index contributed by atoms with van der Waals surface area (Å²) in [5.74, 6) is 0.0986. The highest BCUT2D eigenvalue weighted by molar-refractivity contribution is 5.96. The SMILES string of the molecule is CC(O)C1CCN(CC(=O)N2CCNC2=O)C1. The van der Waals surface area contributed by atoms with E-state index in [0.29, 0.717) is 13.1 Å². The van der Waals surface area contributed by atoms with Crippen molar-refractivity contribution in [1.82, 2.24) is 15.1 Å². The highest BCUT2D eigenvalue weighted by atomic mass is 16.3. The monoisotopic (exact) mass is 241 g/mol. The molecule has 0 aromatic rings.